The second-order valence-corrected chi connectivity index (χ2v) is 4.58. The highest BCUT2D eigenvalue weighted by Crippen LogP contribution is 2.43. The maximum atomic E-state index is 11.6. The first-order valence-electron chi connectivity index (χ1n) is 5.90. The van der Waals surface area contributed by atoms with E-state index in [1.807, 2.05) is 6.07 Å². The van der Waals surface area contributed by atoms with Gasteiger partial charge in [0.05, 0.1) is 25.9 Å². The molecule has 18 heavy (non-hydrogen) atoms. The van der Waals surface area contributed by atoms with E-state index in [0.29, 0.717) is 11.5 Å². The van der Waals surface area contributed by atoms with Crippen molar-refractivity contribution >= 4 is 11.7 Å². The van der Waals surface area contributed by atoms with Crippen molar-refractivity contribution in [2.75, 3.05) is 19.5 Å². The second-order valence-electron chi connectivity index (χ2n) is 4.58. The third-order valence-corrected chi connectivity index (χ3v) is 3.10. The highest BCUT2D eigenvalue weighted by Gasteiger charge is 2.31. The molecular weight excluding hydrogens is 232 g/mol. The average Bonchev–Trinajstić information content (AvgIpc) is 2.35. The summed E-state index contributed by atoms with van der Waals surface area (Å²) in [5, 5.41) is 5.70. The molecule has 1 aliphatic heterocycles. The molecule has 1 unspecified atom stereocenters. The van der Waals surface area contributed by atoms with Crippen LogP contribution >= 0.6 is 0 Å². The predicted molar refractivity (Wildman–Crippen MR) is 69.3 cm³/mol. The Morgan fingerprint density at radius 1 is 1.22 bits per heavy atom. The minimum absolute atomic E-state index is 0.0844. The number of fused-ring (bicyclic) bond motifs is 1. The van der Waals surface area contributed by atoms with Gasteiger partial charge in [-0.05, 0) is 18.1 Å². The molecule has 0 radical (unpaired) electrons. The van der Waals surface area contributed by atoms with E-state index in [4.69, 9.17) is 9.47 Å². The molecule has 2 rings (SSSR count). The third kappa shape index (κ3) is 1.96. The smallest absolute Gasteiger partial charge is 0.319 e. The Morgan fingerprint density at radius 2 is 1.94 bits per heavy atom. The van der Waals surface area contributed by atoms with Gasteiger partial charge in [-0.25, -0.2) is 4.79 Å². The van der Waals surface area contributed by atoms with E-state index in [0.717, 1.165) is 11.3 Å². The van der Waals surface area contributed by atoms with Gasteiger partial charge in [-0.3, -0.25) is 0 Å². The number of nitrogens with one attached hydrogen (secondary N) is 2. The van der Waals surface area contributed by atoms with Gasteiger partial charge in [0.1, 0.15) is 0 Å². The summed E-state index contributed by atoms with van der Waals surface area (Å²) in [6, 6.07) is 3.36. The summed E-state index contributed by atoms with van der Waals surface area (Å²) in [5.74, 6) is 1.59. The fourth-order valence-electron chi connectivity index (χ4n) is 2.24. The lowest BCUT2D eigenvalue weighted by Gasteiger charge is -2.31. The number of carbonyl (C=O) groups excluding carboxylic acids is 1. The van der Waals surface area contributed by atoms with Gasteiger partial charge in [-0.15, -0.1) is 0 Å². The van der Waals surface area contributed by atoms with Gasteiger partial charge in [0.15, 0.2) is 11.5 Å². The molecule has 2 N–H and O–H groups in total. The zero-order valence-electron chi connectivity index (χ0n) is 11.0. The number of anilines is 1. The molecule has 98 valence electrons. The molecule has 0 aliphatic carbocycles. The molecule has 1 aliphatic rings. The summed E-state index contributed by atoms with van der Waals surface area (Å²) in [5.41, 5.74) is 1.71. The monoisotopic (exact) mass is 250 g/mol. The molecule has 5 heteroatoms. The first-order valence-corrected chi connectivity index (χ1v) is 5.90. The zero-order valence-corrected chi connectivity index (χ0v) is 11.0. The first-order chi connectivity index (χ1) is 8.58. The predicted octanol–water partition coefficient (Wildman–Crippen LogP) is 2.54. The van der Waals surface area contributed by atoms with Crippen molar-refractivity contribution in [3.8, 4) is 11.5 Å². The van der Waals surface area contributed by atoms with Gasteiger partial charge >= 0.3 is 6.03 Å². The van der Waals surface area contributed by atoms with Crippen LogP contribution in [-0.4, -0.2) is 20.3 Å². The molecule has 0 saturated heterocycles. The lowest BCUT2D eigenvalue weighted by atomic mass is 9.92. The van der Waals surface area contributed by atoms with Gasteiger partial charge in [0.2, 0.25) is 0 Å². The fourth-order valence-corrected chi connectivity index (χ4v) is 2.24. The number of benzene rings is 1. The molecule has 1 aromatic rings. The van der Waals surface area contributed by atoms with Crippen molar-refractivity contribution in [2.24, 2.45) is 5.92 Å². The Morgan fingerprint density at radius 3 is 2.50 bits per heavy atom. The highest BCUT2D eigenvalue weighted by atomic mass is 16.5. The van der Waals surface area contributed by atoms with Crippen molar-refractivity contribution in [2.45, 2.75) is 19.9 Å². The van der Waals surface area contributed by atoms with Gasteiger partial charge in [-0.2, -0.15) is 0 Å². The van der Waals surface area contributed by atoms with E-state index >= 15 is 0 Å². The summed E-state index contributed by atoms with van der Waals surface area (Å²) in [6.07, 6.45) is 0. The maximum Gasteiger partial charge on any atom is 0.319 e. The van der Waals surface area contributed by atoms with Crippen LogP contribution in [0.15, 0.2) is 12.1 Å². The highest BCUT2D eigenvalue weighted by molar-refractivity contribution is 5.94. The number of ether oxygens (including phenoxy) is 2. The minimum atomic E-state index is -0.187. The van der Waals surface area contributed by atoms with E-state index in [-0.39, 0.29) is 18.0 Å². The van der Waals surface area contributed by atoms with Crippen molar-refractivity contribution in [3.63, 3.8) is 0 Å². The molecule has 5 nitrogen and oxygen atoms in total. The van der Waals surface area contributed by atoms with Crippen molar-refractivity contribution in [1.82, 2.24) is 5.32 Å². The Kier molecular flexibility index (Phi) is 3.32. The van der Waals surface area contributed by atoms with Crippen molar-refractivity contribution in [1.29, 1.82) is 0 Å². The summed E-state index contributed by atoms with van der Waals surface area (Å²) in [4.78, 5) is 11.6. The summed E-state index contributed by atoms with van der Waals surface area (Å²) in [6.45, 7) is 4.11. The molecule has 0 bridgehead atoms. The number of methoxy groups -OCH3 is 2. The van der Waals surface area contributed by atoms with Crippen molar-refractivity contribution in [3.05, 3.63) is 17.7 Å². The van der Waals surface area contributed by atoms with Crippen LogP contribution in [0.25, 0.3) is 0 Å². The summed E-state index contributed by atoms with van der Waals surface area (Å²) < 4.78 is 10.7. The molecule has 1 atom stereocenters. The van der Waals surface area contributed by atoms with Crippen LogP contribution < -0.4 is 20.1 Å². The normalized spacial score (nSPS) is 17.8. The van der Waals surface area contributed by atoms with Crippen LogP contribution in [0.4, 0.5) is 10.5 Å². The van der Waals surface area contributed by atoms with Gasteiger partial charge in [0.25, 0.3) is 0 Å². The number of urea groups is 1. The van der Waals surface area contributed by atoms with E-state index in [1.165, 1.54) is 0 Å². The van der Waals surface area contributed by atoms with Crippen LogP contribution in [0.5, 0.6) is 11.5 Å². The summed E-state index contributed by atoms with van der Waals surface area (Å²) >= 11 is 0. The number of amides is 2. The molecular formula is C13H18N2O3. The molecule has 2 amide bonds. The Hall–Kier alpha value is -1.91. The molecule has 0 aromatic heterocycles. The lowest BCUT2D eigenvalue weighted by Crippen LogP contribution is -2.40. The average molecular weight is 250 g/mol. The van der Waals surface area contributed by atoms with E-state index < -0.39 is 0 Å². The minimum Gasteiger partial charge on any atom is -0.493 e. The fraction of sp³-hybridized carbons (Fsp3) is 0.462. The van der Waals surface area contributed by atoms with Crippen LogP contribution in [0.3, 0.4) is 0 Å². The molecule has 0 fully saturated rings. The Balaban J connectivity index is 2.60. The molecule has 0 saturated carbocycles. The Labute approximate surface area is 106 Å². The third-order valence-electron chi connectivity index (χ3n) is 3.10. The molecule has 1 aromatic carbocycles. The Bertz CT molecular complexity index is 472. The van der Waals surface area contributed by atoms with Crippen LogP contribution in [0.2, 0.25) is 0 Å². The van der Waals surface area contributed by atoms with Crippen LogP contribution in [0.1, 0.15) is 25.5 Å². The van der Waals surface area contributed by atoms with Gasteiger partial charge < -0.3 is 20.1 Å². The summed E-state index contributed by atoms with van der Waals surface area (Å²) in [7, 11) is 3.20. The number of carbonyl (C=O) groups is 1. The standard InChI is InChI=1S/C13H18N2O3/c1-7(2)11-10-8(14-13(16)15-11)5-6-9(17-3)12(10)18-4/h5-7,11H,1-4H3,(H2,14,15,16). The zero-order chi connectivity index (χ0) is 13.3. The first kappa shape index (κ1) is 12.5. The van der Waals surface area contributed by atoms with E-state index in [1.54, 1.807) is 20.3 Å². The van der Waals surface area contributed by atoms with Crippen LogP contribution in [0, 0.1) is 5.92 Å². The van der Waals surface area contributed by atoms with Gasteiger partial charge in [-0.1, -0.05) is 13.8 Å². The van der Waals surface area contributed by atoms with Gasteiger partial charge in [0, 0.05) is 5.56 Å². The molecule has 0 spiro atoms. The number of hydrogen-bond acceptors (Lipinski definition) is 3. The number of hydrogen-bond donors (Lipinski definition) is 2. The SMILES string of the molecule is COc1ccc2c(c1OC)C(C(C)C)NC(=O)N2. The lowest BCUT2D eigenvalue weighted by molar-refractivity contribution is 0.242. The molecule has 1 heterocycles. The second kappa shape index (κ2) is 4.76. The quantitative estimate of drug-likeness (QED) is 0.866. The largest absolute Gasteiger partial charge is 0.493 e. The topological polar surface area (TPSA) is 59.6 Å². The van der Waals surface area contributed by atoms with E-state index in [2.05, 4.69) is 24.5 Å². The van der Waals surface area contributed by atoms with Crippen LogP contribution in [-0.2, 0) is 0 Å². The number of rotatable bonds is 3. The van der Waals surface area contributed by atoms with Crippen molar-refractivity contribution < 1.29 is 14.3 Å². The maximum absolute atomic E-state index is 11.6. The van der Waals surface area contributed by atoms with E-state index in [9.17, 15) is 4.79 Å².